The molecule has 0 aromatic heterocycles. The molecular weight excluding hydrogens is 340 g/mol. The smallest absolute Gasteiger partial charge is 0.246 e. The Hall–Kier alpha value is -3.08. The van der Waals surface area contributed by atoms with E-state index in [1.165, 1.54) is 11.0 Å². The van der Waals surface area contributed by atoms with Crippen LogP contribution in [-0.4, -0.2) is 36.9 Å². The van der Waals surface area contributed by atoms with Gasteiger partial charge in [-0.25, -0.2) is 0 Å². The van der Waals surface area contributed by atoms with Crippen molar-refractivity contribution in [1.29, 1.82) is 0 Å². The molecule has 5 nitrogen and oxygen atoms in total. The molecule has 0 radical (unpaired) electrons. The summed E-state index contributed by atoms with van der Waals surface area (Å²) in [6.07, 6.45) is 3.18. The van der Waals surface area contributed by atoms with Crippen LogP contribution in [0.3, 0.4) is 0 Å². The van der Waals surface area contributed by atoms with Gasteiger partial charge in [-0.3, -0.25) is 9.59 Å². The van der Waals surface area contributed by atoms with Crippen LogP contribution in [0.4, 0.5) is 5.69 Å². The number of hydrogen-bond acceptors (Lipinski definition) is 3. The Kier molecular flexibility index (Phi) is 7.17. The van der Waals surface area contributed by atoms with Crippen molar-refractivity contribution in [1.82, 2.24) is 4.90 Å². The Morgan fingerprint density at radius 3 is 2.48 bits per heavy atom. The number of benzene rings is 2. The molecule has 0 aliphatic heterocycles. The van der Waals surface area contributed by atoms with E-state index >= 15 is 0 Å². The lowest BCUT2D eigenvalue weighted by molar-refractivity contribution is -0.129. The molecule has 2 amide bonds. The van der Waals surface area contributed by atoms with E-state index in [1.54, 1.807) is 13.1 Å². The first-order valence-electron chi connectivity index (χ1n) is 8.92. The second-order valence-corrected chi connectivity index (χ2v) is 6.40. The predicted molar refractivity (Wildman–Crippen MR) is 109 cm³/mol. The molecule has 5 heteroatoms. The van der Waals surface area contributed by atoms with Crippen LogP contribution in [0.1, 0.15) is 23.6 Å². The van der Waals surface area contributed by atoms with Crippen molar-refractivity contribution >= 4 is 23.6 Å². The largest absolute Gasteiger partial charge is 0.494 e. The van der Waals surface area contributed by atoms with E-state index in [2.05, 4.69) is 5.32 Å². The van der Waals surface area contributed by atoms with E-state index in [1.807, 2.05) is 63.2 Å². The van der Waals surface area contributed by atoms with Gasteiger partial charge < -0.3 is 15.0 Å². The summed E-state index contributed by atoms with van der Waals surface area (Å²) in [6, 6.07) is 13.3. The summed E-state index contributed by atoms with van der Waals surface area (Å²) in [5.41, 5.74) is 3.71. The first-order valence-corrected chi connectivity index (χ1v) is 8.92. The molecule has 0 saturated carbocycles. The maximum absolute atomic E-state index is 12.2. The molecule has 0 heterocycles. The van der Waals surface area contributed by atoms with Gasteiger partial charge in [-0.05, 0) is 61.7 Å². The highest BCUT2D eigenvalue weighted by Gasteiger charge is 2.11. The number of rotatable bonds is 7. The molecule has 0 atom stereocenters. The summed E-state index contributed by atoms with van der Waals surface area (Å²) in [7, 11) is 1.60. The fraction of sp³-hybridized carbons (Fsp3) is 0.273. The van der Waals surface area contributed by atoms with Crippen molar-refractivity contribution < 1.29 is 14.3 Å². The molecule has 27 heavy (non-hydrogen) atoms. The molecule has 0 spiro atoms. The molecule has 0 bridgehead atoms. The molecule has 0 aliphatic carbocycles. The minimum absolute atomic E-state index is 0.0141. The van der Waals surface area contributed by atoms with Gasteiger partial charge in [-0.1, -0.05) is 24.3 Å². The molecule has 0 unspecified atom stereocenters. The van der Waals surface area contributed by atoms with Crippen molar-refractivity contribution in [2.24, 2.45) is 0 Å². The monoisotopic (exact) mass is 366 g/mol. The normalized spacial score (nSPS) is 10.7. The van der Waals surface area contributed by atoms with Crippen molar-refractivity contribution in [2.45, 2.75) is 20.8 Å². The number of anilines is 1. The van der Waals surface area contributed by atoms with Gasteiger partial charge in [-0.2, -0.15) is 0 Å². The van der Waals surface area contributed by atoms with Gasteiger partial charge in [0.2, 0.25) is 11.8 Å². The van der Waals surface area contributed by atoms with E-state index in [9.17, 15) is 9.59 Å². The van der Waals surface area contributed by atoms with E-state index in [0.717, 1.165) is 28.1 Å². The highest BCUT2D eigenvalue weighted by molar-refractivity contribution is 5.98. The summed E-state index contributed by atoms with van der Waals surface area (Å²) < 4.78 is 5.39. The van der Waals surface area contributed by atoms with Gasteiger partial charge in [0, 0.05) is 18.8 Å². The van der Waals surface area contributed by atoms with Crippen LogP contribution < -0.4 is 10.1 Å². The Bertz CT molecular complexity index is 826. The maximum atomic E-state index is 12.2. The first kappa shape index (κ1) is 20.2. The minimum Gasteiger partial charge on any atom is -0.494 e. The Morgan fingerprint density at radius 2 is 1.81 bits per heavy atom. The maximum Gasteiger partial charge on any atom is 0.246 e. The van der Waals surface area contributed by atoms with Crippen LogP contribution in [0.25, 0.3) is 6.08 Å². The van der Waals surface area contributed by atoms with Crippen LogP contribution >= 0.6 is 0 Å². The van der Waals surface area contributed by atoms with Gasteiger partial charge in [0.15, 0.2) is 0 Å². The third-order valence-electron chi connectivity index (χ3n) is 4.03. The Morgan fingerprint density at radius 1 is 1.11 bits per heavy atom. The summed E-state index contributed by atoms with van der Waals surface area (Å²) in [5, 5.41) is 2.86. The molecular formula is C22H26N2O3. The predicted octanol–water partition coefficient (Wildman–Crippen LogP) is 3.81. The van der Waals surface area contributed by atoms with Crippen LogP contribution in [-0.2, 0) is 9.59 Å². The number of nitrogens with one attached hydrogen (secondary N) is 1. The lowest BCUT2D eigenvalue weighted by Crippen LogP contribution is -2.34. The molecule has 2 aromatic carbocycles. The van der Waals surface area contributed by atoms with Crippen molar-refractivity contribution in [3.05, 3.63) is 65.2 Å². The molecule has 2 rings (SSSR count). The highest BCUT2D eigenvalue weighted by Crippen LogP contribution is 2.16. The number of nitrogens with zero attached hydrogens (tertiary/aromatic N) is 1. The summed E-state index contributed by atoms with van der Waals surface area (Å²) >= 11 is 0. The van der Waals surface area contributed by atoms with Gasteiger partial charge in [0.05, 0.1) is 13.2 Å². The lowest BCUT2D eigenvalue weighted by atomic mass is 10.1. The van der Waals surface area contributed by atoms with Crippen LogP contribution in [0.15, 0.2) is 48.5 Å². The summed E-state index contributed by atoms with van der Waals surface area (Å²) in [5.74, 6) is 0.329. The SMILES string of the molecule is CCOc1ccc(/C=C/C(=O)N(C)CC(=O)Nc2cc(C)ccc2C)cc1. The number of amides is 2. The lowest BCUT2D eigenvalue weighted by Gasteiger charge is -2.16. The number of ether oxygens (including phenoxy) is 1. The molecule has 0 aliphatic rings. The number of carbonyl (C=O) groups excluding carboxylic acids is 2. The third-order valence-corrected chi connectivity index (χ3v) is 4.03. The number of carbonyl (C=O) groups is 2. The Labute approximate surface area is 160 Å². The van der Waals surface area contributed by atoms with E-state index in [-0.39, 0.29) is 18.4 Å². The topological polar surface area (TPSA) is 58.6 Å². The van der Waals surface area contributed by atoms with Gasteiger partial charge in [-0.15, -0.1) is 0 Å². The van der Waals surface area contributed by atoms with E-state index in [4.69, 9.17) is 4.74 Å². The van der Waals surface area contributed by atoms with Crippen LogP contribution in [0, 0.1) is 13.8 Å². The van der Waals surface area contributed by atoms with Crippen LogP contribution in [0.2, 0.25) is 0 Å². The average molecular weight is 366 g/mol. The molecule has 0 fully saturated rings. The third kappa shape index (κ3) is 6.29. The molecule has 142 valence electrons. The fourth-order valence-electron chi connectivity index (χ4n) is 2.49. The second kappa shape index (κ2) is 9.57. The van der Waals surface area contributed by atoms with Gasteiger partial charge in [0.1, 0.15) is 5.75 Å². The van der Waals surface area contributed by atoms with Crippen LogP contribution in [0.5, 0.6) is 5.75 Å². The van der Waals surface area contributed by atoms with E-state index < -0.39 is 0 Å². The van der Waals surface area contributed by atoms with E-state index in [0.29, 0.717) is 6.61 Å². The zero-order chi connectivity index (χ0) is 19.8. The molecule has 0 saturated heterocycles. The number of aryl methyl sites for hydroxylation is 2. The number of likely N-dealkylation sites (N-methyl/N-ethyl adjacent to an activating group) is 1. The first-order chi connectivity index (χ1) is 12.9. The van der Waals surface area contributed by atoms with Crippen molar-refractivity contribution in [2.75, 3.05) is 25.5 Å². The highest BCUT2D eigenvalue weighted by atomic mass is 16.5. The molecule has 1 N–H and O–H groups in total. The van der Waals surface area contributed by atoms with Gasteiger partial charge in [0.25, 0.3) is 0 Å². The standard InChI is InChI=1S/C22H26N2O3/c1-5-27-19-11-8-18(9-12-19)10-13-22(26)24(4)15-21(25)23-20-14-16(2)6-7-17(20)3/h6-14H,5,15H2,1-4H3,(H,23,25)/b13-10+. The summed E-state index contributed by atoms with van der Waals surface area (Å²) in [4.78, 5) is 25.8. The average Bonchev–Trinajstić information content (AvgIpc) is 2.64. The second-order valence-electron chi connectivity index (χ2n) is 6.40. The molecule has 2 aromatic rings. The van der Waals surface area contributed by atoms with Crippen molar-refractivity contribution in [3.63, 3.8) is 0 Å². The zero-order valence-corrected chi connectivity index (χ0v) is 16.3. The van der Waals surface area contributed by atoms with Crippen molar-refractivity contribution in [3.8, 4) is 5.75 Å². The Balaban J connectivity index is 1.90. The number of hydrogen-bond donors (Lipinski definition) is 1. The minimum atomic E-state index is -0.236. The quantitative estimate of drug-likeness (QED) is 0.758. The van der Waals surface area contributed by atoms with Gasteiger partial charge >= 0.3 is 0 Å². The fourth-order valence-corrected chi connectivity index (χ4v) is 2.49. The zero-order valence-electron chi connectivity index (χ0n) is 16.3. The summed E-state index contributed by atoms with van der Waals surface area (Å²) in [6.45, 7) is 6.43.